The molecule has 0 saturated carbocycles. The molecular weight excluding hydrogens is 360 g/mol. The highest BCUT2D eigenvalue weighted by Gasteiger charge is 2.35. The summed E-state index contributed by atoms with van der Waals surface area (Å²) in [5.74, 6) is -5.27. The SMILES string of the molecule is O.O=C(OC(=O)[C@@H](O)[C@H](O)C(=O)OC(=O)c1ccccc1)c1ccccc1. The summed E-state index contributed by atoms with van der Waals surface area (Å²) in [6.45, 7) is 0. The normalized spacial score (nSPS) is 12.1. The van der Waals surface area contributed by atoms with Crippen molar-refractivity contribution in [1.29, 1.82) is 0 Å². The zero-order valence-corrected chi connectivity index (χ0v) is 13.8. The Morgan fingerprint density at radius 3 is 1.22 bits per heavy atom. The first-order chi connectivity index (χ1) is 12.4. The predicted octanol–water partition coefficient (Wildman–Crippen LogP) is -0.349. The number of carbonyl (C=O) groups excluding carboxylic acids is 4. The number of esters is 4. The van der Waals surface area contributed by atoms with Crippen molar-refractivity contribution in [3.05, 3.63) is 71.8 Å². The molecule has 0 bridgehead atoms. The highest BCUT2D eigenvalue weighted by Crippen LogP contribution is 2.07. The van der Waals surface area contributed by atoms with Gasteiger partial charge in [-0.15, -0.1) is 0 Å². The van der Waals surface area contributed by atoms with Crippen LogP contribution >= 0.6 is 0 Å². The molecule has 0 amide bonds. The molecule has 0 fully saturated rings. The van der Waals surface area contributed by atoms with Crippen molar-refractivity contribution in [2.24, 2.45) is 0 Å². The Hall–Kier alpha value is -3.40. The molecule has 2 rings (SSSR count). The average Bonchev–Trinajstić information content (AvgIpc) is 2.67. The molecule has 0 aliphatic carbocycles. The maximum absolute atomic E-state index is 11.7. The van der Waals surface area contributed by atoms with E-state index >= 15 is 0 Å². The molecule has 2 aromatic rings. The molecule has 0 spiro atoms. The molecule has 0 aliphatic heterocycles. The fraction of sp³-hybridized carbons (Fsp3) is 0.111. The van der Waals surface area contributed by atoms with Crippen LogP contribution in [0.15, 0.2) is 60.7 Å². The summed E-state index contributed by atoms with van der Waals surface area (Å²) >= 11 is 0. The van der Waals surface area contributed by atoms with Gasteiger partial charge in [-0.05, 0) is 24.3 Å². The number of benzene rings is 2. The number of carbonyl (C=O) groups is 4. The minimum atomic E-state index is -2.40. The first-order valence-corrected chi connectivity index (χ1v) is 7.38. The van der Waals surface area contributed by atoms with Crippen LogP contribution in [-0.4, -0.2) is 51.8 Å². The second-order valence-corrected chi connectivity index (χ2v) is 5.04. The van der Waals surface area contributed by atoms with Crippen LogP contribution in [0.25, 0.3) is 0 Å². The molecule has 4 N–H and O–H groups in total. The number of ether oxygens (including phenoxy) is 2. The summed E-state index contributed by atoms with van der Waals surface area (Å²) in [4.78, 5) is 46.8. The Bertz CT molecular complexity index is 733. The lowest BCUT2D eigenvalue weighted by Crippen LogP contribution is -2.43. The maximum Gasteiger partial charge on any atom is 0.346 e. The van der Waals surface area contributed by atoms with Crippen LogP contribution < -0.4 is 0 Å². The van der Waals surface area contributed by atoms with E-state index < -0.39 is 36.1 Å². The monoisotopic (exact) mass is 376 g/mol. The van der Waals surface area contributed by atoms with E-state index in [9.17, 15) is 29.4 Å². The van der Waals surface area contributed by atoms with Crippen molar-refractivity contribution in [2.75, 3.05) is 0 Å². The van der Waals surface area contributed by atoms with Crippen molar-refractivity contribution < 1.29 is 44.3 Å². The largest absolute Gasteiger partial charge is 0.412 e. The van der Waals surface area contributed by atoms with Gasteiger partial charge in [-0.2, -0.15) is 0 Å². The number of hydrogen-bond acceptors (Lipinski definition) is 8. The third-order valence-corrected chi connectivity index (χ3v) is 3.19. The Balaban J connectivity index is 0.00000364. The van der Waals surface area contributed by atoms with Gasteiger partial charge in [-0.25, -0.2) is 19.2 Å². The van der Waals surface area contributed by atoms with Gasteiger partial charge in [0.15, 0.2) is 12.2 Å². The van der Waals surface area contributed by atoms with Crippen LogP contribution in [0.4, 0.5) is 0 Å². The van der Waals surface area contributed by atoms with Crippen molar-refractivity contribution in [2.45, 2.75) is 12.2 Å². The van der Waals surface area contributed by atoms with E-state index in [1.807, 2.05) is 0 Å². The fourth-order valence-electron chi connectivity index (χ4n) is 1.83. The third-order valence-electron chi connectivity index (χ3n) is 3.19. The molecule has 0 heterocycles. The molecule has 2 aromatic carbocycles. The van der Waals surface area contributed by atoms with Gasteiger partial charge in [0.2, 0.25) is 0 Å². The van der Waals surface area contributed by atoms with Crippen molar-refractivity contribution in [3.8, 4) is 0 Å². The molecule has 142 valence electrons. The standard InChI is InChI=1S/C18H14O8.H2O/c19-13(17(23)25-15(21)11-7-3-1-4-8-11)14(20)18(24)26-16(22)12-9-5-2-6-10-12;/h1-10,13-14,19-20H;1H2/t13-,14-;/m0./s1. The van der Waals surface area contributed by atoms with E-state index in [-0.39, 0.29) is 16.6 Å². The van der Waals surface area contributed by atoms with Crippen molar-refractivity contribution >= 4 is 23.9 Å². The van der Waals surface area contributed by atoms with E-state index in [0.29, 0.717) is 0 Å². The van der Waals surface area contributed by atoms with Crippen LogP contribution in [0.5, 0.6) is 0 Å². The second kappa shape index (κ2) is 9.92. The van der Waals surface area contributed by atoms with Gasteiger partial charge in [0.05, 0.1) is 11.1 Å². The van der Waals surface area contributed by atoms with Gasteiger partial charge < -0.3 is 25.2 Å². The van der Waals surface area contributed by atoms with Crippen LogP contribution in [0, 0.1) is 0 Å². The predicted molar refractivity (Wildman–Crippen MR) is 89.4 cm³/mol. The number of aliphatic hydroxyl groups is 2. The summed E-state index contributed by atoms with van der Waals surface area (Å²) in [5.41, 5.74) is 0.0637. The topological polar surface area (TPSA) is 159 Å². The Morgan fingerprint density at radius 1 is 0.630 bits per heavy atom. The molecule has 0 unspecified atom stereocenters. The lowest BCUT2D eigenvalue weighted by molar-refractivity contribution is -0.166. The van der Waals surface area contributed by atoms with E-state index in [4.69, 9.17) is 0 Å². The quantitative estimate of drug-likeness (QED) is 0.529. The van der Waals surface area contributed by atoms with Gasteiger partial charge in [0.25, 0.3) is 0 Å². The first kappa shape index (κ1) is 21.6. The van der Waals surface area contributed by atoms with Crippen molar-refractivity contribution in [1.82, 2.24) is 0 Å². The van der Waals surface area contributed by atoms with E-state index in [1.165, 1.54) is 48.5 Å². The Kier molecular flexibility index (Phi) is 7.95. The highest BCUT2D eigenvalue weighted by molar-refractivity contribution is 6.01. The summed E-state index contributed by atoms with van der Waals surface area (Å²) in [6.07, 6.45) is -4.81. The number of aliphatic hydroxyl groups excluding tert-OH is 2. The average molecular weight is 376 g/mol. The lowest BCUT2D eigenvalue weighted by atomic mass is 10.2. The minimum Gasteiger partial charge on any atom is -0.412 e. The zero-order valence-electron chi connectivity index (χ0n) is 13.8. The molecule has 9 nitrogen and oxygen atoms in total. The molecule has 0 aromatic heterocycles. The van der Waals surface area contributed by atoms with Crippen LogP contribution in [0.3, 0.4) is 0 Å². The van der Waals surface area contributed by atoms with Gasteiger partial charge in [-0.1, -0.05) is 36.4 Å². The molecule has 0 saturated heterocycles. The lowest BCUT2D eigenvalue weighted by Gasteiger charge is -2.14. The summed E-state index contributed by atoms with van der Waals surface area (Å²) < 4.78 is 8.76. The summed E-state index contributed by atoms with van der Waals surface area (Å²) in [7, 11) is 0. The molecule has 2 atom stereocenters. The van der Waals surface area contributed by atoms with E-state index in [1.54, 1.807) is 12.1 Å². The first-order valence-electron chi connectivity index (χ1n) is 7.38. The molecule has 0 radical (unpaired) electrons. The summed E-state index contributed by atoms with van der Waals surface area (Å²) in [6, 6.07) is 14.8. The second-order valence-electron chi connectivity index (χ2n) is 5.04. The van der Waals surface area contributed by atoms with E-state index in [2.05, 4.69) is 9.47 Å². The highest BCUT2D eigenvalue weighted by atomic mass is 16.6. The zero-order chi connectivity index (χ0) is 19.1. The van der Waals surface area contributed by atoms with Crippen molar-refractivity contribution in [3.63, 3.8) is 0 Å². The van der Waals surface area contributed by atoms with Crippen LogP contribution in [0.2, 0.25) is 0 Å². The number of rotatable bonds is 5. The van der Waals surface area contributed by atoms with Gasteiger partial charge >= 0.3 is 23.9 Å². The summed E-state index contributed by atoms with van der Waals surface area (Å²) in [5, 5.41) is 19.3. The molecule has 0 aliphatic rings. The van der Waals surface area contributed by atoms with Gasteiger partial charge in [0.1, 0.15) is 0 Å². The Labute approximate surface area is 153 Å². The van der Waals surface area contributed by atoms with Crippen LogP contribution in [-0.2, 0) is 19.1 Å². The third kappa shape index (κ3) is 5.82. The van der Waals surface area contributed by atoms with Gasteiger partial charge in [0, 0.05) is 0 Å². The van der Waals surface area contributed by atoms with Gasteiger partial charge in [-0.3, -0.25) is 0 Å². The maximum atomic E-state index is 11.7. The molecular formula is C18H16O9. The molecule has 9 heteroatoms. The smallest absolute Gasteiger partial charge is 0.346 e. The molecule has 27 heavy (non-hydrogen) atoms. The van der Waals surface area contributed by atoms with E-state index in [0.717, 1.165) is 0 Å². The Morgan fingerprint density at radius 2 is 0.926 bits per heavy atom. The minimum absolute atomic E-state index is 0. The number of hydrogen-bond donors (Lipinski definition) is 2. The fourth-order valence-corrected chi connectivity index (χ4v) is 1.83. The van der Waals surface area contributed by atoms with Crippen LogP contribution in [0.1, 0.15) is 20.7 Å².